The first kappa shape index (κ1) is 14.4. The molecule has 112 valence electrons. The predicted molar refractivity (Wildman–Crippen MR) is 81.6 cm³/mol. The Morgan fingerprint density at radius 1 is 1.09 bits per heavy atom. The molecule has 0 fully saturated rings. The van der Waals surface area contributed by atoms with Crippen molar-refractivity contribution in [3.8, 4) is 0 Å². The normalized spacial score (nSPS) is 21.6. The second-order valence-electron chi connectivity index (χ2n) is 5.42. The van der Waals surface area contributed by atoms with Crippen molar-refractivity contribution in [3.05, 3.63) is 87.4 Å². The SMILES string of the molecule is CC1=C(c2ccccc2)[N+](=O)[C@](C)(c2ccc(F)cc2)N1[O-]. The van der Waals surface area contributed by atoms with Gasteiger partial charge in [0.05, 0.1) is 16.0 Å². The van der Waals surface area contributed by atoms with Crippen molar-refractivity contribution < 1.29 is 9.15 Å². The number of rotatable bonds is 2. The van der Waals surface area contributed by atoms with Crippen molar-refractivity contribution in [1.82, 2.24) is 5.06 Å². The summed E-state index contributed by atoms with van der Waals surface area (Å²) in [5, 5.41) is 13.3. The molecule has 0 unspecified atom stereocenters. The molecule has 1 heterocycles. The van der Waals surface area contributed by atoms with Gasteiger partial charge in [-0.05, 0) is 43.3 Å². The summed E-state index contributed by atoms with van der Waals surface area (Å²) in [5.41, 5.74) is 0.365. The standard InChI is InChI=1S/C17H15FN2O2/c1-12-16(13-6-4-3-5-7-13)20(22)17(2,19(12)21)14-8-10-15(18)11-9-14/h3-11H,1-2H3/t17-/m1/s1. The number of nitroso groups, excluding NO2 is 1. The third-order valence-electron chi connectivity index (χ3n) is 4.08. The molecule has 2 aromatic rings. The molecule has 0 amide bonds. The quantitative estimate of drug-likeness (QED) is 0.788. The van der Waals surface area contributed by atoms with Crippen LogP contribution in [0, 0.1) is 15.9 Å². The van der Waals surface area contributed by atoms with Crippen LogP contribution in [-0.2, 0) is 5.66 Å². The van der Waals surface area contributed by atoms with E-state index in [2.05, 4.69) is 0 Å². The van der Waals surface area contributed by atoms with Crippen molar-refractivity contribution in [2.45, 2.75) is 19.5 Å². The zero-order valence-corrected chi connectivity index (χ0v) is 12.3. The van der Waals surface area contributed by atoms with Gasteiger partial charge in [-0.15, -0.1) is 0 Å². The van der Waals surface area contributed by atoms with Crippen molar-refractivity contribution >= 4 is 5.70 Å². The van der Waals surface area contributed by atoms with Gasteiger partial charge in [0, 0.05) is 17.4 Å². The molecule has 0 saturated heterocycles. The van der Waals surface area contributed by atoms with Crippen molar-refractivity contribution in [1.29, 1.82) is 0 Å². The maximum Gasteiger partial charge on any atom is 0.306 e. The third kappa shape index (κ3) is 1.94. The Hall–Kier alpha value is -2.53. The highest BCUT2D eigenvalue weighted by atomic mass is 19.1. The Morgan fingerprint density at radius 3 is 2.27 bits per heavy atom. The van der Waals surface area contributed by atoms with Gasteiger partial charge < -0.3 is 10.3 Å². The molecule has 0 aliphatic carbocycles. The molecule has 2 aromatic carbocycles. The molecule has 1 atom stereocenters. The summed E-state index contributed by atoms with van der Waals surface area (Å²) in [4.78, 5) is 12.9. The average molecular weight is 298 g/mol. The van der Waals surface area contributed by atoms with Gasteiger partial charge in [-0.3, -0.25) is 0 Å². The van der Waals surface area contributed by atoms with E-state index in [1.54, 1.807) is 26.0 Å². The van der Waals surface area contributed by atoms with Gasteiger partial charge in [-0.2, -0.15) is 0 Å². The second-order valence-corrected chi connectivity index (χ2v) is 5.42. The maximum absolute atomic E-state index is 13.1. The summed E-state index contributed by atoms with van der Waals surface area (Å²) in [6, 6.07) is 14.5. The van der Waals surface area contributed by atoms with Crippen molar-refractivity contribution in [2.75, 3.05) is 0 Å². The number of halogens is 1. The molecule has 3 rings (SSSR count). The summed E-state index contributed by atoms with van der Waals surface area (Å²) in [7, 11) is 0. The molecule has 0 bridgehead atoms. The van der Waals surface area contributed by atoms with E-state index in [0.29, 0.717) is 32.3 Å². The second kappa shape index (κ2) is 5.03. The van der Waals surface area contributed by atoms with E-state index in [1.165, 1.54) is 24.3 Å². The van der Waals surface area contributed by atoms with Crippen molar-refractivity contribution in [2.24, 2.45) is 0 Å². The topological polar surface area (TPSA) is 46.4 Å². The average Bonchev–Trinajstić information content (AvgIpc) is 2.71. The minimum atomic E-state index is -1.44. The van der Waals surface area contributed by atoms with Gasteiger partial charge in [0.2, 0.25) is 0 Å². The van der Waals surface area contributed by atoms with E-state index >= 15 is 0 Å². The first-order valence-corrected chi connectivity index (χ1v) is 6.93. The van der Waals surface area contributed by atoms with Crippen LogP contribution in [0.5, 0.6) is 0 Å². The van der Waals surface area contributed by atoms with Gasteiger partial charge in [0.15, 0.2) is 0 Å². The van der Waals surface area contributed by atoms with Crippen LogP contribution >= 0.6 is 0 Å². The summed E-state index contributed by atoms with van der Waals surface area (Å²) >= 11 is 0. The van der Waals surface area contributed by atoms with E-state index in [9.17, 15) is 14.5 Å². The van der Waals surface area contributed by atoms with Gasteiger partial charge in [-0.1, -0.05) is 18.2 Å². The number of hydrogen-bond acceptors (Lipinski definition) is 3. The summed E-state index contributed by atoms with van der Waals surface area (Å²) < 4.78 is 13.8. The highest BCUT2D eigenvalue weighted by Gasteiger charge is 2.54. The molecule has 1 aliphatic heterocycles. The monoisotopic (exact) mass is 298 g/mol. The number of hydrogen-bond donors (Lipinski definition) is 0. The molecule has 22 heavy (non-hydrogen) atoms. The van der Waals surface area contributed by atoms with Crippen LogP contribution in [0.1, 0.15) is 25.0 Å². The number of allylic oxidation sites excluding steroid dienone is 1. The zero-order valence-electron chi connectivity index (χ0n) is 12.3. The lowest BCUT2D eigenvalue weighted by Gasteiger charge is -2.35. The van der Waals surface area contributed by atoms with Crippen LogP contribution in [0.2, 0.25) is 0 Å². The molecule has 0 N–H and O–H groups in total. The van der Waals surface area contributed by atoms with Crippen LogP contribution in [-0.4, -0.2) is 9.82 Å². The molecule has 0 aromatic heterocycles. The fraction of sp³-hybridized carbons (Fsp3) is 0.176. The summed E-state index contributed by atoms with van der Waals surface area (Å²) in [6.45, 7) is 3.16. The molecule has 1 aliphatic rings. The van der Waals surface area contributed by atoms with E-state index in [4.69, 9.17) is 0 Å². The van der Waals surface area contributed by atoms with Gasteiger partial charge in [0.25, 0.3) is 5.70 Å². The maximum atomic E-state index is 13.1. The highest BCUT2D eigenvalue weighted by Crippen LogP contribution is 2.43. The van der Waals surface area contributed by atoms with Crippen molar-refractivity contribution in [3.63, 3.8) is 0 Å². The Kier molecular flexibility index (Phi) is 3.30. The Bertz CT molecular complexity index is 756. The molecular weight excluding hydrogens is 283 g/mol. The van der Waals surface area contributed by atoms with Crippen LogP contribution in [0.3, 0.4) is 0 Å². The van der Waals surface area contributed by atoms with Gasteiger partial charge in [-0.25, -0.2) is 4.39 Å². The number of benzene rings is 2. The first-order chi connectivity index (χ1) is 10.5. The Labute approximate surface area is 127 Å². The van der Waals surface area contributed by atoms with E-state index in [1.807, 2.05) is 18.2 Å². The zero-order chi connectivity index (χ0) is 15.9. The fourth-order valence-corrected chi connectivity index (χ4v) is 2.79. The lowest BCUT2D eigenvalue weighted by atomic mass is 10.0. The predicted octanol–water partition coefficient (Wildman–Crippen LogP) is 3.98. The molecule has 4 nitrogen and oxygen atoms in total. The number of hydroxylamine groups is 2. The Morgan fingerprint density at radius 2 is 1.68 bits per heavy atom. The van der Waals surface area contributed by atoms with E-state index in [-0.39, 0.29) is 0 Å². The van der Waals surface area contributed by atoms with E-state index < -0.39 is 11.5 Å². The molecule has 0 saturated carbocycles. The molecule has 5 heteroatoms. The van der Waals surface area contributed by atoms with Crippen LogP contribution in [0.4, 0.5) is 4.39 Å². The summed E-state index contributed by atoms with van der Waals surface area (Å²) in [6.07, 6.45) is 0. The Balaban J connectivity index is 2.11. The lowest BCUT2D eigenvalue weighted by Crippen LogP contribution is -2.41. The third-order valence-corrected chi connectivity index (χ3v) is 4.08. The highest BCUT2D eigenvalue weighted by molar-refractivity contribution is 5.63. The van der Waals surface area contributed by atoms with Gasteiger partial charge >= 0.3 is 5.66 Å². The molecule has 0 spiro atoms. The van der Waals surface area contributed by atoms with Crippen LogP contribution in [0.25, 0.3) is 5.70 Å². The molecular formula is C17H15FN2O2. The van der Waals surface area contributed by atoms with Crippen LogP contribution in [0.15, 0.2) is 60.3 Å². The van der Waals surface area contributed by atoms with E-state index in [0.717, 1.165) is 0 Å². The minimum absolute atomic E-state index is 0.336. The van der Waals surface area contributed by atoms with Gasteiger partial charge in [0.1, 0.15) is 5.82 Å². The smallest absolute Gasteiger partial charge is 0.306 e. The molecule has 0 radical (unpaired) electrons. The minimum Gasteiger partial charge on any atom is -0.753 e. The lowest BCUT2D eigenvalue weighted by molar-refractivity contribution is -0.565. The number of nitrogens with zero attached hydrogens (tertiary/aromatic N) is 2. The summed E-state index contributed by atoms with van der Waals surface area (Å²) in [5.74, 6) is -0.409. The first-order valence-electron chi connectivity index (χ1n) is 6.93. The fourth-order valence-electron chi connectivity index (χ4n) is 2.79. The van der Waals surface area contributed by atoms with Crippen LogP contribution < -0.4 is 0 Å². The largest absolute Gasteiger partial charge is 0.753 e.